The summed E-state index contributed by atoms with van der Waals surface area (Å²) >= 11 is 0. The highest BCUT2D eigenvalue weighted by Gasteiger charge is 2.25. The monoisotopic (exact) mass is 226 g/mol. The van der Waals surface area contributed by atoms with Crippen LogP contribution in [0.5, 0.6) is 0 Å². The number of ether oxygens (including phenoxy) is 1. The Balaban J connectivity index is 1.71. The number of likely N-dealkylation sites (tertiary alicyclic amines) is 1. The minimum absolute atomic E-state index is 0.443. The fraction of sp³-hybridized carbons (Fsp3) is 1.00. The zero-order valence-electron chi connectivity index (χ0n) is 10.7. The second kappa shape index (κ2) is 5.99. The summed E-state index contributed by atoms with van der Waals surface area (Å²) in [5.74, 6) is 0.860. The van der Waals surface area contributed by atoms with Crippen LogP contribution in [0.2, 0.25) is 0 Å². The lowest BCUT2D eigenvalue weighted by atomic mass is 9.92. The van der Waals surface area contributed by atoms with Gasteiger partial charge >= 0.3 is 0 Å². The van der Waals surface area contributed by atoms with Crippen molar-refractivity contribution in [1.82, 2.24) is 10.2 Å². The van der Waals surface area contributed by atoms with E-state index in [0.717, 1.165) is 31.7 Å². The lowest BCUT2D eigenvalue weighted by molar-refractivity contribution is 0.00932. The predicted octanol–water partition coefficient (Wildman–Crippen LogP) is 1.49. The summed E-state index contributed by atoms with van der Waals surface area (Å²) in [6.07, 6.45) is 4.40. The van der Waals surface area contributed by atoms with Gasteiger partial charge in [0, 0.05) is 25.7 Å². The molecular formula is C13H26N2O. The van der Waals surface area contributed by atoms with E-state index in [-0.39, 0.29) is 0 Å². The van der Waals surface area contributed by atoms with E-state index in [1.807, 2.05) is 0 Å². The van der Waals surface area contributed by atoms with Gasteiger partial charge in [-0.3, -0.25) is 0 Å². The largest absolute Gasteiger partial charge is 0.376 e. The summed E-state index contributed by atoms with van der Waals surface area (Å²) in [6, 6.07) is 0.755. The molecule has 2 fully saturated rings. The molecule has 0 bridgehead atoms. The summed E-state index contributed by atoms with van der Waals surface area (Å²) in [5.41, 5.74) is 0. The Labute approximate surface area is 99.5 Å². The number of rotatable bonds is 3. The first kappa shape index (κ1) is 12.3. The first-order valence-corrected chi connectivity index (χ1v) is 6.83. The minimum Gasteiger partial charge on any atom is -0.376 e. The van der Waals surface area contributed by atoms with E-state index >= 15 is 0 Å². The van der Waals surface area contributed by atoms with Crippen molar-refractivity contribution in [2.24, 2.45) is 5.92 Å². The molecule has 0 aromatic heterocycles. The van der Waals surface area contributed by atoms with Crippen LogP contribution in [0, 0.1) is 5.92 Å². The summed E-state index contributed by atoms with van der Waals surface area (Å²) in [4.78, 5) is 2.64. The molecule has 0 amide bonds. The van der Waals surface area contributed by atoms with Gasteiger partial charge in [0.05, 0.1) is 12.7 Å². The van der Waals surface area contributed by atoms with Crippen molar-refractivity contribution >= 4 is 0 Å². The Morgan fingerprint density at radius 1 is 1.38 bits per heavy atom. The van der Waals surface area contributed by atoms with Crippen molar-refractivity contribution in [2.75, 3.05) is 32.8 Å². The molecule has 0 aromatic carbocycles. The van der Waals surface area contributed by atoms with Gasteiger partial charge in [0.2, 0.25) is 0 Å². The first-order valence-electron chi connectivity index (χ1n) is 6.83. The number of nitrogens with zero attached hydrogens (tertiary/aromatic N) is 1. The van der Waals surface area contributed by atoms with Crippen LogP contribution in [0.15, 0.2) is 0 Å². The molecule has 2 heterocycles. The molecule has 3 atom stereocenters. The number of hydrogen-bond donors (Lipinski definition) is 1. The SMILES string of the molecule is CC1CCCN(CCC2CNCCO2)C1C. The minimum atomic E-state index is 0.443. The number of morpholine rings is 1. The third kappa shape index (κ3) is 3.19. The van der Waals surface area contributed by atoms with Crippen molar-refractivity contribution in [3.63, 3.8) is 0 Å². The lowest BCUT2D eigenvalue weighted by Crippen LogP contribution is -2.45. The van der Waals surface area contributed by atoms with Gasteiger partial charge in [0.1, 0.15) is 0 Å². The average Bonchev–Trinajstić information content (AvgIpc) is 2.32. The van der Waals surface area contributed by atoms with Crippen LogP contribution in [0.3, 0.4) is 0 Å². The summed E-state index contributed by atoms with van der Waals surface area (Å²) in [6.45, 7) is 10.2. The molecule has 0 radical (unpaired) electrons. The Morgan fingerprint density at radius 2 is 2.25 bits per heavy atom. The normalized spacial score (nSPS) is 37.5. The Kier molecular flexibility index (Phi) is 4.62. The van der Waals surface area contributed by atoms with Crippen LogP contribution >= 0.6 is 0 Å². The highest BCUT2D eigenvalue weighted by atomic mass is 16.5. The molecule has 3 unspecified atom stereocenters. The molecular weight excluding hydrogens is 200 g/mol. The maximum atomic E-state index is 5.74. The highest BCUT2D eigenvalue weighted by molar-refractivity contribution is 4.79. The van der Waals surface area contributed by atoms with Gasteiger partial charge in [-0.2, -0.15) is 0 Å². The predicted molar refractivity (Wildman–Crippen MR) is 66.7 cm³/mol. The molecule has 3 nitrogen and oxygen atoms in total. The number of piperidine rings is 1. The fourth-order valence-corrected chi connectivity index (χ4v) is 2.85. The molecule has 0 aromatic rings. The van der Waals surface area contributed by atoms with Gasteiger partial charge in [-0.15, -0.1) is 0 Å². The molecule has 0 aliphatic carbocycles. The molecule has 3 heteroatoms. The molecule has 2 aliphatic rings. The molecule has 94 valence electrons. The van der Waals surface area contributed by atoms with E-state index in [2.05, 4.69) is 24.1 Å². The summed E-state index contributed by atoms with van der Waals surface area (Å²) < 4.78 is 5.74. The van der Waals surface area contributed by atoms with Gasteiger partial charge < -0.3 is 15.0 Å². The van der Waals surface area contributed by atoms with E-state index in [0.29, 0.717) is 6.10 Å². The van der Waals surface area contributed by atoms with E-state index in [9.17, 15) is 0 Å². The molecule has 1 N–H and O–H groups in total. The van der Waals surface area contributed by atoms with Crippen molar-refractivity contribution in [3.05, 3.63) is 0 Å². The number of nitrogens with one attached hydrogen (secondary N) is 1. The molecule has 0 saturated carbocycles. The summed E-state index contributed by atoms with van der Waals surface area (Å²) in [5, 5.41) is 3.40. The van der Waals surface area contributed by atoms with Gasteiger partial charge in [-0.05, 0) is 38.6 Å². The smallest absolute Gasteiger partial charge is 0.0712 e. The Bertz CT molecular complexity index is 204. The number of hydrogen-bond acceptors (Lipinski definition) is 3. The second-order valence-corrected chi connectivity index (χ2v) is 5.38. The fourth-order valence-electron chi connectivity index (χ4n) is 2.85. The zero-order valence-corrected chi connectivity index (χ0v) is 10.7. The molecule has 2 saturated heterocycles. The van der Waals surface area contributed by atoms with Gasteiger partial charge in [-0.1, -0.05) is 6.92 Å². The lowest BCUT2D eigenvalue weighted by Gasteiger charge is -2.38. The van der Waals surface area contributed by atoms with Crippen molar-refractivity contribution < 1.29 is 4.74 Å². The third-order valence-corrected chi connectivity index (χ3v) is 4.25. The second-order valence-electron chi connectivity index (χ2n) is 5.38. The van der Waals surface area contributed by atoms with Crippen LogP contribution in [-0.4, -0.2) is 49.8 Å². The quantitative estimate of drug-likeness (QED) is 0.789. The molecule has 0 spiro atoms. The average molecular weight is 226 g/mol. The third-order valence-electron chi connectivity index (χ3n) is 4.25. The highest BCUT2D eigenvalue weighted by Crippen LogP contribution is 2.23. The van der Waals surface area contributed by atoms with E-state index < -0.39 is 0 Å². The molecule has 16 heavy (non-hydrogen) atoms. The topological polar surface area (TPSA) is 24.5 Å². The van der Waals surface area contributed by atoms with Crippen LogP contribution in [0.1, 0.15) is 33.1 Å². The Hall–Kier alpha value is -0.120. The van der Waals surface area contributed by atoms with E-state index in [4.69, 9.17) is 4.74 Å². The van der Waals surface area contributed by atoms with Crippen LogP contribution in [0.4, 0.5) is 0 Å². The van der Waals surface area contributed by atoms with Crippen molar-refractivity contribution in [3.8, 4) is 0 Å². The first-order chi connectivity index (χ1) is 7.77. The zero-order chi connectivity index (χ0) is 11.4. The van der Waals surface area contributed by atoms with Crippen molar-refractivity contribution in [1.29, 1.82) is 0 Å². The van der Waals surface area contributed by atoms with Crippen LogP contribution in [-0.2, 0) is 4.74 Å². The van der Waals surface area contributed by atoms with Crippen LogP contribution in [0.25, 0.3) is 0 Å². The van der Waals surface area contributed by atoms with Gasteiger partial charge in [0.25, 0.3) is 0 Å². The Morgan fingerprint density at radius 3 is 3.00 bits per heavy atom. The van der Waals surface area contributed by atoms with Gasteiger partial charge in [0.15, 0.2) is 0 Å². The van der Waals surface area contributed by atoms with Crippen LogP contribution < -0.4 is 5.32 Å². The van der Waals surface area contributed by atoms with E-state index in [1.165, 1.54) is 32.4 Å². The standard InChI is InChI=1S/C13H26N2O/c1-11-4-3-7-15(12(11)2)8-5-13-10-14-6-9-16-13/h11-14H,3-10H2,1-2H3. The summed E-state index contributed by atoms with van der Waals surface area (Å²) in [7, 11) is 0. The van der Waals surface area contributed by atoms with Crippen molar-refractivity contribution in [2.45, 2.75) is 45.3 Å². The van der Waals surface area contributed by atoms with Gasteiger partial charge in [-0.25, -0.2) is 0 Å². The maximum absolute atomic E-state index is 5.74. The maximum Gasteiger partial charge on any atom is 0.0712 e. The molecule has 2 rings (SSSR count). The van der Waals surface area contributed by atoms with E-state index in [1.54, 1.807) is 0 Å². The molecule has 2 aliphatic heterocycles.